The van der Waals surface area contributed by atoms with Crippen LogP contribution in [0.2, 0.25) is 0 Å². The number of alkyl halides is 2. The molecule has 1 aromatic heterocycles. The minimum Gasteiger partial charge on any atom is -0.374 e. The SMILES string of the molecule is Nc1nc2ccc(Br)cc2n1CCOCC(F)F. The first kappa shape index (κ1) is 13.2. The summed E-state index contributed by atoms with van der Waals surface area (Å²) in [5.41, 5.74) is 7.40. The van der Waals surface area contributed by atoms with Crippen LogP contribution in [0.3, 0.4) is 0 Å². The Morgan fingerprint density at radius 3 is 2.94 bits per heavy atom. The van der Waals surface area contributed by atoms with Gasteiger partial charge in [-0.2, -0.15) is 0 Å². The standard InChI is InChI=1S/C11H12BrF2N3O/c12-7-1-2-8-9(5-7)17(11(15)16-8)3-4-18-6-10(13)14/h1-2,5,10H,3-4,6H2,(H2,15,16). The summed E-state index contributed by atoms with van der Waals surface area (Å²) in [6, 6.07) is 5.59. The quantitative estimate of drug-likeness (QED) is 0.862. The minimum absolute atomic E-state index is 0.173. The van der Waals surface area contributed by atoms with Gasteiger partial charge in [0.25, 0.3) is 6.43 Å². The summed E-state index contributed by atoms with van der Waals surface area (Å²) in [5, 5.41) is 0. The average Bonchev–Trinajstić information content (AvgIpc) is 2.60. The van der Waals surface area contributed by atoms with E-state index >= 15 is 0 Å². The van der Waals surface area contributed by atoms with Crippen LogP contribution in [0.5, 0.6) is 0 Å². The highest BCUT2D eigenvalue weighted by Gasteiger charge is 2.09. The Hall–Kier alpha value is -1.21. The molecule has 7 heteroatoms. The number of hydrogen-bond acceptors (Lipinski definition) is 3. The Bertz CT molecular complexity index is 544. The third-order valence-corrected chi connectivity index (χ3v) is 2.94. The summed E-state index contributed by atoms with van der Waals surface area (Å²) in [6.45, 7) is 0.00818. The van der Waals surface area contributed by atoms with Crippen molar-refractivity contribution in [2.45, 2.75) is 13.0 Å². The summed E-state index contributed by atoms with van der Waals surface area (Å²) >= 11 is 3.36. The molecule has 0 spiro atoms. The third kappa shape index (κ3) is 2.97. The molecule has 2 rings (SSSR count). The molecule has 0 aliphatic heterocycles. The number of hydrogen-bond donors (Lipinski definition) is 1. The zero-order chi connectivity index (χ0) is 13.1. The van der Waals surface area contributed by atoms with E-state index in [1.54, 1.807) is 4.57 Å². The molecule has 2 aromatic rings. The molecule has 1 heterocycles. The van der Waals surface area contributed by atoms with Crippen molar-refractivity contribution in [1.29, 1.82) is 0 Å². The lowest BCUT2D eigenvalue weighted by atomic mass is 10.3. The molecule has 0 unspecified atom stereocenters. The Morgan fingerprint density at radius 1 is 1.44 bits per heavy atom. The van der Waals surface area contributed by atoms with Gasteiger partial charge in [0.05, 0.1) is 17.6 Å². The molecule has 1 aromatic carbocycles. The molecular weight excluding hydrogens is 308 g/mol. The predicted octanol–water partition coefficient (Wildman–Crippen LogP) is 2.66. The third-order valence-electron chi connectivity index (χ3n) is 2.44. The normalized spacial score (nSPS) is 11.6. The maximum absolute atomic E-state index is 11.9. The van der Waals surface area contributed by atoms with Crippen molar-refractivity contribution in [3.05, 3.63) is 22.7 Å². The largest absolute Gasteiger partial charge is 0.374 e. The summed E-state index contributed by atoms with van der Waals surface area (Å²) in [5.74, 6) is 0.351. The first-order valence-corrected chi connectivity index (χ1v) is 6.14. The first-order chi connectivity index (χ1) is 8.58. The van der Waals surface area contributed by atoms with Gasteiger partial charge in [0.1, 0.15) is 6.61 Å². The Kier molecular flexibility index (Phi) is 4.13. The molecule has 0 aliphatic rings. The van der Waals surface area contributed by atoms with Crippen LogP contribution in [0.1, 0.15) is 0 Å². The highest BCUT2D eigenvalue weighted by molar-refractivity contribution is 9.10. The number of imidazole rings is 1. The molecule has 0 amide bonds. The van der Waals surface area contributed by atoms with Crippen molar-refractivity contribution in [2.75, 3.05) is 18.9 Å². The topological polar surface area (TPSA) is 53.1 Å². The van der Waals surface area contributed by atoms with E-state index in [1.165, 1.54) is 0 Å². The van der Waals surface area contributed by atoms with Crippen molar-refractivity contribution in [2.24, 2.45) is 0 Å². The lowest BCUT2D eigenvalue weighted by Gasteiger charge is -2.07. The smallest absolute Gasteiger partial charge is 0.261 e. The van der Waals surface area contributed by atoms with Gasteiger partial charge in [0.15, 0.2) is 0 Å². The number of halogens is 3. The highest BCUT2D eigenvalue weighted by atomic mass is 79.9. The van der Waals surface area contributed by atoms with Crippen molar-refractivity contribution >= 4 is 32.9 Å². The van der Waals surface area contributed by atoms with Gasteiger partial charge >= 0.3 is 0 Å². The summed E-state index contributed by atoms with van der Waals surface area (Å²) in [6.07, 6.45) is -2.45. The van der Waals surface area contributed by atoms with Crippen LogP contribution in [0.15, 0.2) is 22.7 Å². The number of nitrogens with two attached hydrogens (primary N) is 1. The molecule has 18 heavy (non-hydrogen) atoms. The maximum atomic E-state index is 11.9. The average molecular weight is 320 g/mol. The van der Waals surface area contributed by atoms with Gasteiger partial charge in [-0.3, -0.25) is 0 Å². The lowest BCUT2D eigenvalue weighted by molar-refractivity contribution is 0.0151. The van der Waals surface area contributed by atoms with Crippen LogP contribution in [-0.4, -0.2) is 29.2 Å². The van der Waals surface area contributed by atoms with Crippen LogP contribution >= 0.6 is 15.9 Å². The molecule has 0 bridgehead atoms. The number of ether oxygens (including phenoxy) is 1. The van der Waals surface area contributed by atoms with E-state index in [1.807, 2.05) is 18.2 Å². The molecule has 0 atom stereocenters. The minimum atomic E-state index is -2.45. The van der Waals surface area contributed by atoms with Crippen LogP contribution in [0.4, 0.5) is 14.7 Å². The molecular formula is C11H12BrF2N3O. The second-order valence-corrected chi connectivity index (χ2v) is 4.64. The van der Waals surface area contributed by atoms with Gasteiger partial charge in [-0.05, 0) is 18.2 Å². The number of nitrogen functional groups attached to an aromatic ring is 1. The van der Waals surface area contributed by atoms with E-state index in [0.717, 1.165) is 15.5 Å². The molecule has 0 fully saturated rings. The number of rotatable bonds is 5. The second kappa shape index (κ2) is 5.62. The summed E-state index contributed by atoms with van der Waals surface area (Å²) in [4.78, 5) is 4.18. The van der Waals surface area contributed by atoms with Crippen LogP contribution in [0.25, 0.3) is 11.0 Å². The van der Waals surface area contributed by atoms with Crippen molar-refractivity contribution < 1.29 is 13.5 Å². The Balaban J connectivity index is 2.12. The van der Waals surface area contributed by atoms with E-state index in [2.05, 4.69) is 20.9 Å². The maximum Gasteiger partial charge on any atom is 0.261 e. The van der Waals surface area contributed by atoms with Crippen molar-refractivity contribution in [1.82, 2.24) is 9.55 Å². The molecule has 2 N–H and O–H groups in total. The number of aromatic nitrogens is 2. The number of nitrogens with zero attached hydrogens (tertiary/aromatic N) is 2. The van der Waals surface area contributed by atoms with Gasteiger partial charge in [-0.15, -0.1) is 0 Å². The molecule has 0 saturated heterocycles. The zero-order valence-electron chi connectivity index (χ0n) is 9.44. The number of benzene rings is 1. The van der Waals surface area contributed by atoms with E-state index in [4.69, 9.17) is 10.5 Å². The zero-order valence-corrected chi connectivity index (χ0v) is 11.0. The summed E-state index contributed by atoms with van der Waals surface area (Å²) < 4.78 is 31.3. The van der Waals surface area contributed by atoms with E-state index in [0.29, 0.717) is 12.5 Å². The van der Waals surface area contributed by atoms with Gasteiger partial charge in [0, 0.05) is 11.0 Å². The fourth-order valence-electron chi connectivity index (χ4n) is 1.68. The fraction of sp³-hybridized carbons (Fsp3) is 0.364. The Morgan fingerprint density at radius 2 is 2.22 bits per heavy atom. The molecule has 0 saturated carbocycles. The molecule has 0 radical (unpaired) electrons. The molecule has 4 nitrogen and oxygen atoms in total. The van der Waals surface area contributed by atoms with Gasteiger partial charge in [0.2, 0.25) is 5.95 Å². The van der Waals surface area contributed by atoms with Gasteiger partial charge in [-0.1, -0.05) is 15.9 Å². The highest BCUT2D eigenvalue weighted by Crippen LogP contribution is 2.22. The monoisotopic (exact) mass is 319 g/mol. The number of fused-ring (bicyclic) bond motifs is 1. The second-order valence-electron chi connectivity index (χ2n) is 3.72. The van der Waals surface area contributed by atoms with Gasteiger partial charge in [-0.25, -0.2) is 13.8 Å². The van der Waals surface area contributed by atoms with E-state index < -0.39 is 13.0 Å². The van der Waals surface area contributed by atoms with E-state index in [-0.39, 0.29) is 6.61 Å². The van der Waals surface area contributed by atoms with E-state index in [9.17, 15) is 8.78 Å². The summed E-state index contributed by atoms with van der Waals surface area (Å²) in [7, 11) is 0. The Labute approximate surface area is 111 Å². The van der Waals surface area contributed by atoms with Crippen molar-refractivity contribution in [3.8, 4) is 0 Å². The van der Waals surface area contributed by atoms with Crippen LogP contribution in [0, 0.1) is 0 Å². The molecule has 0 aliphatic carbocycles. The number of anilines is 1. The fourth-order valence-corrected chi connectivity index (χ4v) is 2.03. The molecule has 98 valence electrons. The van der Waals surface area contributed by atoms with Gasteiger partial charge < -0.3 is 15.0 Å². The van der Waals surface area contributed by atoms with Crippen LogP contribution < -0.4 is 5.73 Å². The first-order valence-electron chi connectivity index (χ1n) is 5.35. The predicted molar refractivity (Wildman–Crippen MR) is 68.7 cm³/mol. The lowest BCUT2D eigenvalue weighted by Crippen LogP contribution is -2.12. The van der Waals surface area contributed by atoms with Crippen molar-refractivity contribution in [3.63, 3.8) is 0 Å². The van der Waals surface area contributed by atoms with Crippen LogP contribution in [-0.2, 0) is 11.3 Å².